The monoisotopic (exact) mass is 308 g/mol. The molecule has 0 atom stereocenters. The standard InChI is InChI=1S/C8H16.C8H10.2C3H8.H2/c2*1-2-8-6-4-3-5-7-8;2*1-3-2;/h8H,2-7H2,1H3;3-7H,2H2,1H3;2*3H2,1-2H3;1H. The quantitative estimate of drug-likeness (QED) is 0.515. The molecule has 0 heteroatoms. The van der Waals surface area contributed by atoms with Crippen LogP contribution < -0.4 is 0 Å². The highest BCUT2D eigenvalue weighted by Gasteiger charge is 2.09. The summed E-state index contributed by atoms with van der Waals surface area (Å²) < 4.78 is 0. The summed E-state index contributed by atoms with van der Waals surface area (Å²) in [6, 6.07) is 10.5. The van der Waals surface area contributed by atoms with E-state index >= 15 is 0 Å². The predicted molar refractivity (Wildman–Crippen MR) is 107 cm³/mol. The van der Waals surface area contributed by atoms with Crippen LogP contribution in [0.25, 0.3) is 0 Å². The summed E-state index contributed by atoms with van der Waals surface area (Å²) in [5, 5.41) is 0. The molecular weight excluding hydrogens is 264 g/mol. The maximum absolute atomic E-state index is 2.32. The van der Waals surface area contributed by atoms with Crippen LogP contribution in [0, 0.1) is 5.92 Å². The van der Waals surface area contributed by atoms with Gasteiger partial charge in [-0.3, -0.25) is 0 Å². The Morgan fingerprint density at radius 1 is 0.773 bits per heavy atom. The molecule has 0 aliphatic heterocycles. The van der Waals surface area contributed by atoms with Crippen LogP contribution in [0.5, 0.6) is 0 Å². The molecule has 1 saturated carbocycles. The van der Waals surface area contributed by atoms with Gasteiger partial charge in [-0.2, -0.15) is 0 Å². The first-order valence-electron chi connectivity index (χ1n) is 9.73. The highest BCUT2D eigenvalue weighted by atomic mass is 14.2. The smallest absolute Gasteiger partial charge is 0 e. The summed E-state index contributed by atoms with van der Waals surface area (Å²) in [7, 11) is 0. The van der Waals surface area contributed by atoms with Crippen molar-refractivity contribution in [3.8, 4) is 0 Å². The summed E-state index contributed by atoms with van der Waals surface area (Å²) in [6.07, 6.45) is 12.6. The Morgan fingerprint density at radius 3 is 1.50 bits per heavy atom. The zero-order valence-corrected chi connectivity index (χ0v) is 16.3. The molecule has 2 rings (SSSR count). The third kappa shape index (κ3) is 17.3. The first-order chi connectivity index (χ1) is 10.7. The normalized spacial score (nSPS) is 13.5. The van der Waals surface area contributed by atoms with Gasteiger partial charge in [0.25, 0.3) is 0 Å². The van der Waals surface area contributed by atoms with Crippen LogP contribution in [0.2, 0.25) is 0 Å². The molecule has 1 aliphatic carbocycles. The van der Waals surface area contributed by atoms with Crippen LogP contribution in [-0.2, 0) is 6.42 Å². The predicted octanol–water partition coefficient (Wildman–Crippen LogP) is 8.30. The van der Waals surface area contributed by atoms with Gasteiger partial charge in [-0.25, -0.2) is 0 Å². The number of hydrogen-bond acceptors (Lipinski definition) is 0. The van der Waals surface area contributed by atoms with Crippen molar-refractivity contribution in [1.82, 2.24) is 0 Å². The van der Waals surface area contributed by atoms with Crippen LogP contribution in [0.1, 0.15) is 99.9 Å². The Morgan fingerprint density at radius 2 is 1.23 bits per heavy atom. The van der Waals surface area contributed by atoms with Gasteiger partial charge in [0.05, 0.1) is 0 Å². The third-order valence-corrected chi connectivity index (χ3v) is 3.55. The molecule has 0 heterocycles. The summed E-state index contributed by atoms with van der Waals surface area (Å²) in [5.41, 5.74) is 1.41. The molecule has 0 spiro atoms. The van der Waals surface area contributed by atoms with Gasteiger partial charge in [0.15, 0.2) is 0 Å². The fourth-order valence-corrected chi connectivity index (χ4v) is 2.31. The maximum Gasteiger partial charge on any atom is 0 e. The molecule has 0 amide bonds. The number of aryl methyl sites for hydroxylation is 1. The van der Waals surface area contributed by atoms with Crippen molar-refractivity contribution in [2.45, 2.75) is 99.3 Å². The van der Waals surface area contributed by atoms with E-state index in [2.05, 4.69) is 65.8 Å². The average Bonchev–Trinajstić information content (AvgIpc) is 2.58. The van der Waals surface area contributed by atoms with Crippen molar-refractivity contribution in [2.24, 2.45) is 5.92 Å². The van der Waals surface area contributed by atoms with Gasteiger partial charge in [-0.05, 0) is 17.9 Å². The molecule has 0 unspecified atom stereocenters. The van der Waals surface area contributed by atoms with Crippen LogP contribution in [0.3, 0.4) is 0 Å². The Bertz CT molecular complexity index is 273. The lowest BCUT2D eigenvalue weighted by molar-refractivity contribution is 0.349. The molecular formula is C22H44. The van der Waals surface area contributed by atoms with E-state index in [1.54, 1.807) is 0 Å². The Kier molecular flexibility index (Phi) is 21.6. The van der Waals surface area contributed by atoms with Gasteiger partial charge >= 0.3 is 0 Å². The Labute approximate surface area is 143 Å². The van der Waals surface area contributed by atoms with Gasteiger partial charge in [-0.1, -0.05) is 123 Å². The molecule has 1 aromatic carbocycles. The fourth-order valence-electron chi connectivity index (χ4n) is 2.31. The zero-order chi connectivity index (χ0) is 17.1. The molecule has 0 bridgehead atoms. The second-order valence-electron chi connectivity index (χ2n) is 6.17. The van der Waals surface area contributed by atoms with E-state index in [-0.39, 0.29) is 1.43 Å². The van der Waals surface area contributed by atoms with Gasteiger partial charge in [0.2, 0.25) is 0 Å². The van der Waals surface area contributed by atoms with E-state index in [4.69, 9.17) is 0 Å². The summed E-state index contributed by atoms with van der Waals surface area (Å²) in [5.74, 6) is 1.09. The van der Waals surface area contributed by atoms with E-state index in [0.717, 1.165) is 12.3 Å². The van der Waals surface area contributed by atoms with Crippen LogP contribution in [-0.4, -0.2) is 0 Å². The second kappa shape index (κ2) is 20.2. The van der Waals surface area contributed by atoms with Crippen molar-refractivity contribution >= 4 is 0 Å². The minimum Gasteiger partial charge on any atom is -0.0656 e. The molecule has 0 nitrogen and oxygen atoms in total. The van der Waals surface area contributed by atoms with Gasteiger partial charge < -0.3 is 0 Å². The van der Waals surface area contributed by atoms with Gasteiger partial charge in [0, 0.05) is 1.43 Å². The molecule has 22 heavy (non-hydrogen) atoms. The highest BCUT2D eigenvalue weighted by Crippen LogP contribution is 2.25. The van der Waals surface area contributed by atoms with Crippen molar-refractivity contribution in [1.29, 1.82) is 0 Å². The molecule has 0 radical (unpaired) electrons. The first-order valence-corrected chi connectivity index (χ1v) is 9.73. The van der Waals surface area contributed by atoms with E-state index in [1.165, 1.54) is 56.9 Å². The lowest BCUT2D eigenvalue weighted by Crippen LogP contribution is -2.03. The highest BCUT2D eigenvalue weighted by molar-refractivity contribution is 5.13. The Balaban J connectivity index is -0.000000253. The van der Waals surface area contributed by atoms with E-state index in [9.17, 15) is 0 Å². The van der Waals surface area contributed by atoms with Gasteiger partial charge in [0.1, 0.15) is 0 Å². The van der Waals surface area contributed by atoms with Crippen LogP contribution in [0.4, 0.5) is 0 Å². The SMILES string of the molecule is CCC.CCC.CCC1CCCCC1.CCc1ccccc1.[HH]. The first kappa shape index (κ1) is 23.5. The molecule has 1 fully saturated rings. The number of benzene rings is 1. The van der Waals surface area contributed by atoms with Crippen molar-refractivity contribution in [2.75, 3.05) is 0 Å². The summed E-state index contributed by atoms with van der Waals surface area (Å²) in [6.45, 7) is 13.0. The van der Waals surface area contributed by atoms with Crippen LogP contribution >= 0.6 is 0 Å². The molecule has 1 aromatic rings. The average molecular weight is 309 g/mol. The van der Waals surface area contributed by atoms with Crippen LogP contribution in [0.15, 0.2) is 30.3 Å². The summed E-state index contributed by atoms with van der Waals surface area (Å²) >= 11 is 0. The molecule has 0 aromatic heterocycles. The number of hydrogen-bond donors (Lipinski definition) is 0. The molecule has 0 saturated heterocycles. The lowest BCUT2D eigenvalue weighted by atomic mass is 9.88. The maximum atomic E-state index is 2.32. The second-order valence-corrected chi connectivity index (χ2v) is 6.17. The lowest BCUT2D eigenvalue weighted by Gasteiger charge is -2.18. The van der Waals surface area contributed by atoms with Crippen molar-refractivity contribution in [3.05, 3.63) is 35.9 Å². The van der Waals surface area contributed by atoms with Crippen molar-refractivity contribution < 1.29 is 1.43 Å². The largest absolute Gasteiger partial charge is 0.0656 e. The van der Waals surface area contributed by atoms with E-state index in [0.29, 0.717) is 0 Å². The van der Waals surface area contributed by atoms with E-state index in [1.807, 2.05) is 6.07 Å². The molecule has 0 N–H and O–H groups in total. The third-order valence-electron chi connectivity index (χ3n) is 3.55. The zero-order valence-electron chi connectivity index (χ0n) is 16.3. The minimum absolute atomic E-state index is 0. The molecule has 132 valence electrons. The summed E-state index contributed by atoms with van der Waals surface area (Å²) in [4.78, 5) is 0. The molecule has 1 aliphatic rings. The minimum atomic E-state index is 0. The van der Waals surface area contributed by atoms with E-state index < -0.39 is 0 Å². The van der Waals surface area contributed by atoms with Gasteiger partial charge in [-0.15, -0.1) is 0 Å². The number of rotatable bonds is 2. The Hall–Kier alpha value is -0.780. The topological polar surface area (TPSA) is 0 Å². The van der Waals surface area contributed by atoms with Crippen molar-refractivity contribution in [3.63, 3.8) is 0 Å². The fraction of sp³-hybridized carbons (Fsp3) is 0.727.